The standard InChI is InChI=1S/C11H11Cl2N3/c1-2-9-8(7-12)11(13)16(15-9)10-5-3-4-6-14-10/h3-6H,2,7H2,1H3. The number of alkyl halides is 1. The summed E-state index contributed by atoms with van der Waals surface area (Å²) in [5.74, 6) is 1.08. The number of rotatable bonds is 3. The largest absolute Gasteiger partial charge is 0.237 e. The molecule has 0 aromatic carbocycles. The summed E-state index contributed by atoms with van der Waals surface area (Å²) in [6, 6.07) is 5.60. The van der Waals surface area contributed by atoms with Gasteiger partial charge in [0.2, 0.25) is 0 Å². The molecule has 0 fully saturated rings. The van der Waals surface area contributed by atoms with Crippen LogP contribution in [0.2, 0.25) is 5.15 Å². The predicted octanol–water partition coefficient (Wildman–Crippen LogP) is 3.22. The van der Waals surface area contributed by atoms with Crippen molar-refractivity contribution < 1.29 is 0 Å². The third kappa shape index (κ3) is 1.93. The summed E-state index contributed by atoms with van der Waals surface area (Å²) in [5, 5.41) is 4.95. The van der Waals surface area contributed by atoms with Gasteiger partial charge in [-0.2, -0.15) is 5.10 Å². The van der Waals surface area contributed by atoms with Gasteiger partial charge in [-0.25, -0.2) is 9.67 Å². The van der Waals surface area contributed by atoms with E-state index < -0.39 is 0 Å². The molecule has 2 aromatic rings. The van der Waals surface area contributed by atoms with E-state index in [1.54, 1.807) is 10.9 Å². The lowest BCUT2D eigenvalue weighted by molar-refractivity contribution is 0.816. The van der Waals surface area contributed by atoms with Crippen LogP contribution in [0.15, 0.2) is 24.4 Å². The van der Waals surface area contributed by atoms with Gasteiger partial charge < -0.3 is 0 Å². The number of hydrogen-bond acceptors (Lipinski definition) is 2. The Kier molecular flexibility index (Phi) is 3.46. The molecule has 2 heterocycles. The Morgan fingerprint density at radius 3 is 2.69 bits per heavy atom. The summed E-state index contributed by atoms with van der Waals surface area (Å²) in [5.41, 5.74) is 1.81. The Bertz CT molecular complexity index is 479. The summed E-state index contributed by atoms with van der Waals surface area (Å²) >= 11 is 12.1. The Labute approximate surface area is 104 Å². The van der Waals surface area contributed by atoms with Crippen molar-refractivity contribution in [3.63, 3.8) is 0 Å². The molecule has 0 aliphatic rings. The number of halogens is 2. The normalized spacial score (nSPS) is 10.7. The van der Waals surface area contributed by atoms with E-state index in [-0.39, 0.29) is 0 Å². The smallest absolute Gasteiger partial charge is 0.155 e. The molecule has 0 saturated carbocycles. The van der Waals surface area contributed by atoms with Crippen molar-refractivity contribution >= 4 is 23.2 Å². The van der Waals surface area contributed by atoms with Crippen LogP contribution in [-0.2, 0) is 12.3 Å². The minimum absolute atomic E-state index is 0.370. The maximum atomic E-state index is 6.22. The number of pyridine rings is 1. The fourth-order valence-corrected chi connectivity index (χ4v) is 2.17. The van der Waals surface area contributed by atoms with Crippen LogP contribution in [0.3, 0.4) is 0 Å². The molecule has 0 spiro atoms. The Balaban J connectivity index is 2.54. The van der Waals surface area contributed by atoms with Gasteiger partial charge in [0.15, 0.2) is 5.82 Å². The van der Waals surface area contributed by atoms with Crippen molar-refractivity contribution in [3.8, 4) is 5.82 Å². The maximum Gasteiger partial charge on any atom is 0.155 e. The van der Waals surface area contributed by atoms with Crippen LogP contribution in [0.25, 0.3) is 5.82 Å². The van der Waals surface area contributed by atoms with E-state index in [0.29, 0.717) is 16.9 Å². The Morgan fingerprint density at radius 2 is 2.19 bits per heavy atom. The monoisotopic (exact) mass is 255 g/mol. The zero-order valence-electron chi connectivity index (χ0n) is 8.82. The third-order valence-corrected chi connectivity index (χ3v) is 2.99. The van der Waals surface area contributed by atoms with Crippen LogP contribution in [0.4, 0.5) is 0 Å². The highest BCUT2D eigenvalue weighted by molar-refractivity contribution is 6.31. The minimum Gasteiger partial charge on any atom is -0.237 e. The van der Waals surface area contributed by atoms with Crippen LogP contribution in [-0.4, -0.2) is 14.8 Å². The van der Waals surface area contributed by atoms with E-state index in [1.807, 2.05) is 25.1 Å². The SMILES string of the molecule is CCc1nn(-c2ccccn2)c(Cl)c1CCl. The first-order valence-electron chi connectivity index (χ1n) is 5.01. The molecule has 2 aromatic heterocycles. The second-order valence-corrected chi connectivity index (χ2v) is 3.93. The maximum absolute atomic E-state index is 6.22. The van der Waals surface area contributed by atoms with E-state index in [9.17, 15) is 0 Å². The van der Waals surface area contributed by atoms with E-state index in [2.05, 4.69) is 10.1 Å². The molecule has 16 heavy (non-hydrogen) atoms. The van der Waals surface area contributed by atoms with Crippen LogP contribution < -0.4 is 0 Å². The van der Waals surface area contributed by atoms with Gasteiger partial charge in [0, 0.05) is 11.8 Å². The van der Waals surface area contributed by atoms with Crippen LogP contribution in [0.5, 0.6) is 0 Å². The first kappa shape index (κ1) is 11.4. The first-order valence-corrected chi connectivity index (χ1v) is 5.92. The van der Waals surface area contributed by atoms with Gasteiger partial charge in [-0.05, 0) is 18.6 Å². The third-order valence-electron chi connectivity index (χ3n) is 2.34. The molecule has 0 bridgehead atoms. The number of hydrogen-bond donors (Lipinski definition) is 0. The highest BCUT2D eigenvalue weighted by Gasteiger charge is 2.15. The second-order valence-electron chi connectivity index (χ2n) is 3.30. The zero-order valence-corrected chi connectivity index (χ0v) is 10.3. The van der Waals surface area contributed by atoms with Gasteiger partial charge in [-0.1, -0.05) is 24.6 Å². The topological polar surface area (TPSA) is 30.7 Å². The molecule has 3 nitrogen and oxygen atoms in total. The Hall–Kier alpha value is -1.06. The second kappa shape index (κ2) is 4.85. The van der Waals surface area contributed by atoms with E-state index in [4.69, 9.17) is 23.2 Å². The molecule has 0 N–H and O–H groups in total. The van der Waals surface area contributed by atoms with Gasteiger partial charge in [-0.3, -0.25) is 0 Å². The van der Waals surface area contributed by atoms with Gasteiger partial charge in [-0.15, -0.1) is 11.6 Å². The summed E-state index contributed by atoms with van der Waals surface area (Å²) in [4.78, 5) is 4.21. The summed E-state index contributed by atoms with van der Waals surface area (Å²) in [6.07, 6.45) is 2.51. The minimum atomic E-state index is 0.370. The number of aromatic nitrogens is 3. The average molecular weight is 256 g/mol. The van der Waals surface area contributed by atoms with Gasteiger partial charge in [0.05, 0.1) is 11.6 Å². The number of nitrogens with zero attached hydrogens (tertiary/aromatic N) is 3. The lowest BCUT2D eigenvalue weighted by Gasteiger charge is -2.00. The average Bonchev–Trinajstić information content (AvgIpc) is 2.66. The van der Waals surface area contributed by atoms with E-state index >= 15 is 0 Å². The van der Waals surface area contributed by atoms with Gasteiger partial charge in [0.1, 0.15) is 5.15 Å². The van der Waals surface area contributed by atoms with Crippen molar-refractivity contribution in [2.45, 2.75) is 19.2 Å². The molecule has 5 heteroatoms. The van der Waals surface area contributed by atoms with Crippen molar-refractivity contribution in [3.05, 3.63) is 40.8 Å². The Morgan fingerprint density at radius 1 is 1.38 bits per heavy atom. The van der Waals surface area contributed by atoms with Crippen molar-refractivity contribution in [2.75, 3.05) is 0 Å². The first-order chi connectivity index (χ1) is 7.77. The lowest BCUT2D eigenvalue weighted by Crippen LogP contribution is -1.99. The molecular formula is C11H11Cl2N3. The molecule has 0 saturated heterocycles. The van der Waals surface area contributed by atoms with Crippen molar-refractivity contribution in [1.82, 2.24) is 14.8 Å². The zero-order chi connectivity index (χ0) is 11.5. The van der Waals surface area contributed by atoms with Crippen molar-refractivity contribution in [1.29, 1.82) is 0 Å². The van der Waals surface area contributed by atoms with Gasteiger partial charge in [0.25, 0.3) is 0 Å². The molecule has 0 atom stereocenters. The molecule has 2 rings (SSSR count). The van der Waals surface area contributed by atoms with Gasteiger partial charge >= 0.3 is 0 Å². The number of aryl methyl sites for hydroxylation is 1. The molecule has 0 amide bonds. The molecule has 0 aliphatic carbocycles. The van der Waals surface area contributed by atoms with E-state index in [1.165, 1.54) is 0 Å². The molecular weight excluding hydrogens is 245 g/mol. The summed E-state index contributed by atoms with van der Waals surface area (Å²) in [6.45, 7) is 2.03. The fraction of sp³-hybridized carbons (Fsp3) is 0.273. The van der Waals surface area contributed by atoms with Crippen molar-refractivity contribution in [2.24, 2.45) is 0 Å². The van der Waals surface area contributed by atoms with Crippen LogP contribution in [0.1, 0.15) is 18.2 Å². The predicted molar refractivity (Wildman–Crippen MR) is 65.3 cm³/mol. The summed E-state index contributed by atoms with van der Waals surface area (Å²) < 4.78 is 1.62. The molecule has 84 valence electrons. The fourth-order valence-electron chi connectivity index (χ4n) is 1.52. The molecule has 0 radical (unpaired) electrons. The quantitative estimate of drug-likeness (QED) is 0.789. The highest BCUT2D eigenvalue weighted by atomic mass is 35.5. The molecule has 0 aliphatic heterocycles. The molecule has 0 unspecified atom stereocenters. The lowest BCUT2D eigenvalue weighted by atomic mass is 10.2. The summed E-state index contributed by atoms with van der Waals surface area (Å²) in [7, 11) is 0. The van der Waals surface area contributed by atoms with E-state index in [0.717, 1.165) is 17.7 Å². The highest BCUT2D eigenvalue weighted by Crippen LogP contribution is 2.24. The van der Waals surface area contributed by atoms with Crippen LogP contribution in [0, 0.1) is 0 Å². The van der Waals surface area contributed by atoms with Crippen LogP contribution >= 0.6 is 23.2 Å².